The van der Waals surface area contributed by atoms with Gasteiger partial charge in [-0.3, -0.25) is 9.59 Å². The van der Waals surface area contributed by atoms with Crippen LogP contribution in [-0.2, 0) is 16.1 Å². The summed E-state index contributed by atoms with van der Waals surface area (Å²) in [5.74, 6) is 0.874. The van der Waals surface area contributed by atoms with Crippen LogP contribution in [0.2, 0.25) is 0 Å². The number of ether oxygens (including phenoxy) is 4. The van der Waals surface area contributed by atoms with Crippen LogP contribution in [0.1, 0.15) is 32.7 Å². The summed E-state index contributed by atoms with van der Waals surface area (Å²) < 4.78 is 23.3. The van der Waals surface area contributed by atoms with Gasteiger partial charge in [-0.2, -0.15) is 0 Å². The van der Waals surface area contributed by atoms with Crippen molar-refractivity contribution in [2.45, 2.75) is 25.2 Å². The van der Waals surface area contributed by atoms with Crippen LogP contribution in [0, 0.1) is 0 Å². The summed E-state index contributed by atoms with van der Waals surface area (Å²) in [4.78, 5) is 48.4. The van der Waals surface area contributed by atoms with E-state index in [2.05, 4.69) is 25.9 Å². The topological polar surface area (TPSA) is 153 Å². The first-order valence-electron chi connectivity index (χ1n) is 14.0. The van der Waals surface area contributed by atoms with E-state index in [1.807, 2.05) is 18.2 Å². The molecule has 2 atom stereocenters. The zero-order chi connectivity index (χ0) is 30.0. The van der Waals surface area contributed by atoms with Gasteiger partial charge in [0.25, 0.3) is 11.8 Å². The second-order valence-electron chi connectivity index (χ2n) is 10.1. The van der Waals surface area contributed by atoms with Crippen LogP contribution in [-0.4, -0.2) is 91.4 Å². The molecule has 13 nitrogen and oxygen atoms in total. The number of amides is 4. The van der Waals surface area contributed by atoms with Gasteiger partial charge in [-0.15, -0.1) is 0 Å². The smallest absolute Gasteiger partial charge is 0.315 e. The van der Waals surface area contributed by atoms with E-state index in [4.69, 9.17) is 18.9 Å². The van der Waals surface area contributed by atoms with Crippen molar-refractivity contribution in [1.29, 1.82) is 0 Å². The maximum Gasteiger partial charge on any atom is 0.315 e. The lowest BCUT2D eigenvalue weighted by Gasteiger charge is -2.38. The lowest BCUT2D eigenvalue weighted by molar-refractivity contribution is -0.0235. The lowest BCUT2D eigenvalue weighted by atomic mass is 10.0. The standard InChI is InChI=1S/C30H34N6O7/c1-40-9-10-41-24-12-21-13-25(14-24)43-23-4-2-3-20(11-23)18-42-27-17-36(29(38)22-15-31-19-32-16-22)8-5-26(27)35-30(39)34-7-6-33-28(21)37/h2-4,11-16,19,26-27H,5-10,17-18H2,1H3,(H,33,37)(H2,34,35,39)/t26-,27-/m0/s1. The third-order valence-electron chi connectivity index (χ3n) is 6.96. The number of hydrogen-bond donors (Lipinski definition) is 3. The van der Waals surface area contributed by atoms with Crippen LogP contribution in [0.4, 0.5) is 4.79 Å². The van der Waals surface area contributed by atoms with E-state index in [1.54, 1.807) is 36.3 Å². The summed E-state index contributed by atoms with van der Waals surface area (Å²) >= 11 is 0. The number of fused-ring (bicyclic) bond motifs is 5. The molecule has 2 aliphatic heterocycles. The highest BCUT2D eigenvalue weighted by Crippen LogP contribution is 2.29. The second-order valence-corrected chi connectivity index (χ2v) is 10.1. The van der Waals surface area contributed by atoms with Gasteiger partial charge in [-0.1, -0.05) is 12.1 Å². The minimum absolute atomic E-state index is 0.200. The number of carbonyl (C=O) groups is 3. The van der Waals surface area contributed by atoms with Gasteiger partial charge in [0.05, 0.1) is 30.9 Å². The Bertz CT molecular complexity index is 1420. The third-order valence-corrected chi connectivity index (χ3v) is 6.96. The Balaban J connectivity index is 1.37. The van der Waals surface area contributed by atoms with Crippen molar-refractivity contribution in [3.05, 3.63) is 77.9 Å². The molecule has 1 saturated heterocycles. The highest BCUT2D eigenvalue weighted by atomic mass is 16.5. The van der Waals surface area contributed by atoms with Gasteiger partial charge < -0.3 is 39.8 Å². The minimum Gasteiger partial charge on any atom is -0.491 e. The molecule has 3 aromatic rings. The van der Waals surface area contributed by atoms with E-state index in [-0.39, 0.29) is 44.1 Å². The first-order chi connectivity index (χ1) is 21.0. The predicted octanol–water partition coefficient (Wildman–Crippen LogP) is 2.14. The maximum atomic E-state index is 13.1. The number of benzene rings is 2. The van der Waals surface area contributed by atoms with Crippen LogP contribution >= 0.6 is 0 Å². The Morgan fingerprint density at radius 1 is 1.05 bits per heavy atom. The van der Waals surface area contributed by atoms with E-state index in [0.29, 0.717) is 54.6 Å². The van der Waals surface area contributed by atoms with Crippen molar-refractivity contribution >= 4 is 17.8 Å². The molecular weight excluding hydrogens is 556 g/mol. The predicted molar refractivity (Wildman–Crippen MR) is 154 cm³/mol. The van der Waals surface area contributed by atoms with Crippen molar-refractivity contribution in [2.75, 3.05) is 46.5 Å². The zero-order valence-electron chi connectivity index (χ0n) is 23.8. The Hall–Kier alpha value is -4.75. The molecule has 3 N–H and O–H groups in total. The van der Waals surface area contributed by atoms with E-state index < -0.39 is 12.1 Å². The summed E-state index contributed by atoms with van der Waals surface area (Å²) in [5, 5.41) is 8.56. The molecule has 0 aliphatic carbocycles. The van der Waals surface area contributed by atoms with Gasteiger partial charge in [0.1, 0.15) is 30.2 Å². The largest absolute Gasteiger partial charge is 0.491 e. The number of methoxy groups -OCH3 is 1. The molecule has 5 rings (SSSR count). The van der Waals surface area contributed by atoms with Gasteiger partial charge in [-0.05, 0) is 36.2 Å². The quantitative estimate of drug-likeness (QED) is 0.379. The molecule has 4 bridgehead atoms. The van der Waals surface area contributed by atoms with Gasteiger partial charge >= 0.3 is 6.03 Å². The highest BCUT2D eigenvalue weighted by molar-refractivity contribution is 5.95. The molecule has 1 aromatic heterocycles. The Morgan fingerprint density at radius 2 is 1.88 bits per heavy atom. The molecular formula is C30H34N6O7. The van der Waals surface area contributed by atoms with Crippen molar-refractivity contribution in [3.63, 3.8) is 0 Å². The number of carbonyl (C=O) groups excluding carboxylic acids is 3. The van der Waals surface area contributed by atoms with Crippen molar-refractivity contribution < 1.29 is 33.3 Å². The van der Waals surface area contributed by atoms with Gasteiger partial charge in [0, 0.05) is 57.3 Å². The summed E-state index contributed by atoms with van der Waals surface area (Å²) in [7, 11) is 1.58. The van der Waals surface area contributed by atoms with Gasteiger partial charge in [0.2, 0.25) is 0 Å². The van der Waals surface area contributed by atoms with Crippen LogP contribution in [0.3, 0.4) is 0 Å². The number of nitrogens with one attached hydrogen (secondary N) is 3. The summed E-state index contributed by atoms with van der Waals surface area (Å²) in [6.45, 7) is 1.99. The number of piperidine rings is 1. The Kier molecular flexibility index (Phi) is 9.97. The molecule has 0 spiro atoms. The Morgan fingerprint density at radius 3 is 2.72 bits per heavy atom. The molecule has 43 heavy (non-hydrogen) atoms. The summed E-state index contributed by atoms with van der Waals surface area (Å²) in [5.41, 5.74) is 1.56. The highest BCUT2D eigenvalue weighted by Gasteiger charge is 2.34. The molecule has 3 heterocycles. The number of rotatable bonds is 5. The van der Waals surface area contributed by atoms with Crippen molar-refractivity contribution in [1.82, 2.24) is 30.8 Å². The van der Waals surface area contributed by atoms with Crippen LogP contribution in [0.25, 0.3) is 0 Å². The number of hydrogen-bond acceptors (Lipinski definition) is 9. The molecule has 0 saturated carbocycles. The summed E-state index contributed by atoms with van der Waals surface area (Å²) in [6.07, 6.45) is 4.33. The van der Waals surface area contributed by atoms with Gasteiger partial charge in [-0.25, -0.2) is 14.8 Å². The molecule has 4 amide bonds. The normalized spacial score (nSPS) is 19.3. The first kappa shape index (κ1) is 29.7. The fourth-order valence-corrected chi connectivity index (χ4v) is 4.83. The molecule has 0 radical (unpaired) electrons. The molecule has 13 heteroatoms. The molecule has 1 fully saturated rings. The third kappa shape index (κ3) is 8.17. The SMILES string of the molecule is COCCOc1cc2cc(c1)C(=O)NCCNC(=O)N[C@H]1CCN(C(=O)c3cncnc3)C[C@@H]1OCc1cccc(c1)O2. The molecule has 2 aliphatic rings. The van der Waals surface area contributed by atoms with Crippen molar-refractivity contribution in [2.24, 2.45) is 0 Å². The van der Waals surface area contributed by atoms with Crippen LogP contribution in [0.5, 0.6) is 17.2 Å². The summed E-state index contributed by atoms with van der Waals surface area (Å²) in [6, 6.07) is 11.6. The van der Waals surface area contributed by atoms with Crippen molar-refractivity contribution in [3.8, 4) is 17.2 Å². The van der Waals surface area contributed by atoms with E-state index in [0.717, 1.165) is 5.56 Å². The number of aromatic nitrogens is 2. The average Bonchev–Trinajstić information content (AvgIpc) is 3.02. The Labute approximate surface area is 248 Å². The van der Waals surface area contributed by atoms with E-state index in [1.165, 1.54) is 18.7 Å². The maximum absolute atomic E-state index is 13.1. The number of urea groups is 1. The first-order valence-corrected chi connectivity index (χ1v) is 14.0. The van der Waals surface area contributed by atoms with E-state index >= 15 is 0 Å². The molecule has 226 valence electrons. The van der Waals surface area contributed by atoms with Crippen LogP contribution < -0.4 is 25.4 Å². The van der Waals surface area contributed by atoms with E-state index in [9.17, 15) is 14.4 Å². The zero-order valence-corrected chi connectivity index (χ0v) is 23.8. The molecule has 2 aromatic carbocycles. The fourth-order valence-electron chi connectivity index (χ4n) is 4.83. The van der Waals surface area contributed by atoms with Crippen LogP contribution in [0.15, 0.2) is 61.2 Å². The van der Waals surface area contributed by atoms with Gasteiger partial charge in [0.15, 0.2) is 0 Å². The minimum atomic E-state index is -0.486. The second kappa shape index (κ2) is 14.4. The number of likely N-dealkylation sites (tertiary alicyclic amines) is 1. The average molecular weight is 591 g/mol. The monoisotopic (exact) mass is 590 g/mol. The lowest BCUT2D eigenvalue weighted by Crippen LogP contribution is -2.58. The number of nitrogens with zero attached hydrogens (tertiary/aromatic N) is 3. The molecule has 0 unspecified atom stereocenters. The fraction of sp³-hybridized carbons (Fsp3) is 0.367.